The van der Waals surface area contributed by atoms with Gasteiger partial charge in [0.1, 0.15) is 30.5 Å². The van der Waals surface area contributed by atoms with Gasteiger partial charge in [0.05, 0.1) is 41.6 Å². The summed E-state index contributed by atoms with van der Waals surface area (Å²) >= 11 is 11.7. The molecule has 198 valence electrons. The molecule has 4 atom stereocenters. The highest BCUT2D eigenvalue weighted by molar-refractivity contribution is 6.42. The van der Waals surface area contributed by atoms with Crippen LogP contribution >= 0.6 is 23.2 Å². The van der Waals surface area contributed by atoms with Gasteiger partial charge in [-0.25, -0.2) is 14.4 Å². The number of aromatic nitrogens is 2. The Morgan fingerprint density at radius 3 is 2.28 bits per heavy atom. The summed E-state index contributed by atoms with van der Waals surface area (Å²) in [6, 6.07) is 5.83. The van der Waals surface area contributed by atoms with Crippen molar-refractivity contribution >= 4 is 45.6 Å². The van der Waals surface area contributed by atoms with E-state index in [2.05, 4.69) is 15.3 Å². The van der Waals surface area contributed by atoms with Crippen LogP contribution in [0.2, 0.25) is 10.0 Å². The highest BCUT2D eigenvalue weighted by Crippen LogP contribution is 2.37. The van der Waals surface area contributed by atoms with Gasteiger partial charge in [0.25, 0.3) is 0 Å². The molecule has 0 saturated heterocycles. The average Bonchev–Trinajstić information content (AvgIpc) is 2.87. The molecular formula is C22H26Cl2FN3O8. The summed E-state index contributed by atoms with van der Waals surface area (Å²) in [6.07, 6.45) is -4.32. The first-order valence-electron chi connectivity index (χ1n) is 10.3. The van der Waals surface area contributed by atoms with Crippen molar-refractivity contribution in [2.75, 3.05) is 32.8 Å². The lowest BCUT2D eigenvalue weighted by atomic mass is 10.0. The molecule has 1 aromatic heterocycles. The third-order valence-corrected chi connectivity index (χ3v) is 6.04. The van der Waals surface area contributed by atoms with Crippen LogP contribution in [0.5, 0.6) is 11.5 Å². The molecule has 7 N–H and O–H groups in total. The second-order valence-electron chi connectivity index (χ2n) is 7.37. The number of halogens is 3. The summed E-state index contributed by atoms with van der Waals surface area (Å²) in [7, 11) is 2.63. The van der Waals surface area contributed by atoms with Gasteiger partial charge in [-0.3, -0.25) is 0 Å². The molecule has 11 nitrogen and oxygen atoms in total. The lowest BCUT2D eigenvalue weighted by molar-refractivity contribution is -0.127. The molecule has 1 heterocycles. The maximum Gasteiger partial charge on any atom is 0.166 e. The van der Waals surface area contributed by atoms with Crippen molar-refractivity contribution in [2.45, 2.75) is 24.4 Å². The molecule has 3 rings (SSSR count). The molecule has 0 saturated carbocycles. The van der Waals surface area contributed by atoms with Gasteiger partial charge >= 0.3 is 0 Å². The molecule has 0 aliphatic rings. The van der Waals surface area contributed by atoms with Crippen LogP contribution in [0.25, 0.3) is 10.9 Å². The number of fused-ring (bicyclic) bond motifs is 1. The van der Waals surface area contributed by atoms with Gasteiger partial charge in [0, 0.05) is 18.6 Å². The van der Waals surface area contributed by atoms with Gasteiger partial charge < -0.3 is 45.4 Å². The molecule has 3 aromatic rings. The van der Waals surface area contributed by atoms with Crippen LogP contribution in [-0.2, 0) is 4.74 Å². The Morgan fingerprint density at radius 1 is 1.00 bits per heavy atom. The summed E-state index contributed by atoms with van der Waals surface area (Å²) in [4.78, 5) is 8.34. The van der Waals surface area contributed by atoms with E-state index in [1.807, 2.05) is 0 Å². The van der Waals surface area contributed by atoms with Crippen LogP contribution in [0.1, 0.15) is 0 Å². The van der Waals surface area contributed by atoms with Crippen LogP contribution < -0.4 is 14.8 Å². The van der Waals surface area contributed by atoms with Crippen LogP contribution in [-0.4, -0.2) is 87.7 Å². The zero-order chi connectivity index (χ0) is 25.7. The molecule has 0 aliphatic heterocycles. The molecule has 0 amide bonds. The predicted molar refractivity (Wildman–Crippen MR) is 131 cm³/mol. The fourth-order valence-corrected chi connectivity index (χ4v) is 3.62. The third kappa shape index (κ3) is 6.22. The van der Waals surface area contributed by atoms with Crippen molar-refractivity contribution in [2.24, 2.45) is 0 Å². The van der Waals surface area contributed by atoms with Gasteiger partial charge in [0.15, 0.2) is 23.4 Å². The molecule has 36 heavy (non-hydrogen) atoms. The lowest BCUT2D eigenvalue weighted by Gasteiger charge is -2.30. The molecule has 0 unspecified atom stereocenters. The van der Waals surface area contributed by atoms with E-state index < -0.39 is 43.4 Å². The van der Waals surface area contributed by atoms with Gasteiger partial charge in [-0.05, 0) is 18.2 Å². The molecule has 14 heteroatoms. The van der Waals surface area contributed by atoms with Crippen LogP contribution in [0, 0.1) is 5.82 Å². The van der Waals surface area contributed by atoms with E-state index in [1.165, 1.54) is 44.8 Å². The maximum atomic E-state index is 14.5. The summed E-state index contributed by atoms with van der Waals surface area (Å²) in [5.74, 6) is -0.255. The van der Waals surface area contributed by atoms with Gasteiger partial charge in [0.2, 0.25) is 0 Å². The summed E-state index contributed by atoms with van der Waals surface area (Å²) in [5, 5.41) is 42.9. The summed E-state index contributed by atoms with van der Waals surface area (Å²) in [6.45, 7) is -1.23. The molecular weight excluding hydrogens is 524 g/mol. The molecule has 0 aliphatic carbocycles. The number of rotatable bonds is 11. The van der Waals surface area contributed by atoms with E-state index in [4.69, 9.17) is 37.4 Å². The number of nitrogens with zero attached hydrogens (tertiary/aromatic N) is 2. The summed E-state index contributed by atoms with van der Waals surface area (Å²) in [5.41, 5.74) is 0.392. The zero-order valence-electron chi connectivity index (χ0n) is 19.2. The summed E-state index contributed by atoms with van der Waals surface area (Å²) < 4.78 is 30.6. The normalized spacial score (nSPS) is 14.5. The number of ether oxygens (including phenoxy) is 3. The predicted octanol–water partition coefficient (Wildman–Crippen LogP) is 1.47. The van der Waals surface area contributed by atoms with Gasteiger partial charge in [-0.15, -0.1) is 0 Å². The monoisotopic (exact) mass is 549 g/mol. The zero-order valence-corrected chi connectivity index (χ0v) is 20.7. The Kier molecular flexibility index (Phi) is 10.8. The van der Waals surface area contributed by atoms with Crippen molar-refractivity contribution < 1.29 is 44.5 Å². The first kappa shape index (κ1) is 29.7. The lowest BCUT2D eigenvalue weighted by Crippen LogP contribution is -2.49. The Morgan fingerprint density at radius 2 is 1.67 bits per heavy atom. The number of methoxy groups -OCH3 is 2. The first-order chi connectivity index (χ1) is 16.7. The maximum absolute atomic E-state index is 14.5. The number of benzene rings is 2. The number of hydrogen-bond donors (Lipinski definition) is 5. The van der Waals surface area contributed by atoms with E-state index >= 15 is 0 Å². The number of anilines is 2. The second kappa shape index (κ2) is 13.1. The molecule has 0 fully saturated rings. The number of aliphatic hydroxyl groups is 4. The van der Waals surface area contributed by atoms with E-state index in [1.54, 1.807) is 0 Å². The van der Waals surface area contributed by atoms with Crippen molar-refractivity contribution in [1.29, 1.82) is 0 Å². The van der Waals surface area contributed by atoms with Gasteiger partial charge in [-0.1, -0.05) is 23.2 Å². The second-order valence-corrected chi connectivity index (χ2v) is 8.15. The molecule has 0 radical (unpaired) electrons. The quantitative estimate of drug-likeness (QED) is 0.220. The van der Waals surface area contributed by atoms with Crippen molar-refractivity contribution in [3.05, 3.63) is 46.5 Å². The number of nitrogens with one attached hydrogen (secondary N) is 1. The van der Waals surface area contributed by atoms with Crippen LogP contribution in [0.3, 0.4) is 0 Å². The number of aliphatic hydroxyl groups excluding tert-OH is 4. The minimum absolute atomic E-state index is 0. The van der Waals surface area contributed by atoms with E-state index in [9.17, 15) is 24.8 Å². The fraction of sp³-hybridized carbons (Fsp3) is 0.364. The standard InChI is InChI=1S/C22H24Cl2FN3O7.H2O/c1-33-14-5-10-13(6-15(14)35-17(8-30)21(32)20(31)16(7-29)34-2)26-9-27-22(10)28-12-4-3-11(23)18(24)19(12)25;/h3-6,9,16-17,20-21,29-32H,7-8H2,1-2H3,(H,26,27,28);1H2/t16-,17-,20+,21+;/m0./s1. The Labute approximate surface area is 215 Å². The fourth-order valence-electron chi connectivity index (χ4n) is 3.31. The van der Waals surface area contributed by atoms with Crippen LogP contribution in [0.15, 0.2) is 30.6 Å². The minimum atomic E-state index is -1.61. The van der Waals surface area contributed by atoms with Crippen molar-refractivity contribution in [3.8, 4) is 11.5 Å². The minimum Gasteiger partial charge on any atom is -0.493 e. The van der Waals surface area contributed by atoms with E-state index in [-0.39, 0.29) is 38.5 Å². The smallest absolute Gasteiger partial charge is 0.166 e. The first-order valence-corrected chi connectivity index (χ1v) is 11.0. The van der Waals surface area contributed by atoms with Crippen molar-refractivity contribution in [1.82, 2.24) is 9.97 Å². The average molecular weight is 550 g/mol. The molecule has 2 aromatic carbocycles. The highest BCUT2D eigenvalue weighted by atomic mass is 35.5. The largest absolute Gasteiger partial charge is 0.493 e. The van der Waals surface area contributed by atoms with Crippen LogP contribution in [0.4, 0.5) is 15.9 Å². The SMILES string of the molecule is COc1cc2c(Nc3ccc(Cl)c(Cl)c3F)ncnc2cc1O[C@@H](CO)[C@@H](O)[C@H](O)[C@H](CO)OC.O. The van der Waals surface area contributed by atoms with E-state index in [0.717, 1.165) is 0 Å². The highest BCUT2D eigenvalue weighted by Gasteiger charge is 2.34. The Hall–Kier alpha value is -2.55. The topological polar surface area (TPSA) is 178 Å². The Bertz CT molecular complexity index is 1170. The third-order valence-electron chi connectivity index (χ3n) is 5.26. The van der Waals surface area contributed by atoms with Crippen molar-refractivity contribution in [3.63, 3.8) is 0 Å². The van der Waals surface area contributed by atoms with E-state index in [0.29, 0.717) is 10.9 Å². The Balaban J connectivity index is 0.00000456. The molecule has 0 bridgehead atoms. The van der Waals surface area contributed by atoms with Gasteiger partial charge in [-0.2, -0.15) is 0 Å². The number of hydrogen-bond acceptors (Lipinski definition) is 10. The molecule has 0 spiro atoms.